The van der Waals surface area contributed by atoms with E-state index in [2.05, 4.69) is 12.6 Å². The van der Waals surface area contributed by atoms with Gasteiger partial charge in [-0.1, -0.05) is 0 Å². The van der Waals surface area contributed by atoms with Gasteiger partial charge in [-0.3, -0.25) is 10.1 Å². The van der Waals surface area contributed by atoms with E-state index >= 15 is 0 Å². The highest BCUT2D eigenvalue weighted by atomic mass is 127. The summed E-state index contributed by atoms with van der Waals surface area (Å²) in [6.45, 7) is 0. The maximum absolute atomic E-state index is 10.7. The minimum absolute atomic E-state index is 0.130. The van der Waals surface area contributed by atoms with Crippen molar-refractivity contribution in [2.45, 2.75) is 4.90 Å². The molecule has 3 nitrogen and oxygen atoms in total. The number of thiol groups is 1. The lowest BCUT2D eigenvalue weighted by molar-refractivity contribution is -0.385. The molecule has 1 aromatic carbocycles. The Morgan fingerprint density at radius 3 is 2.93 bits per heavy atom. The van der Waals surface area contributed by atoms with Crippen molar-refractivity contribution in [2.75, 3.05) is 0 Å². The number of nitrogens with zero attached hydrogens (tertiary/aromatic N) is 1. The zero-order chi connectivity index (χ0) is 10.3. The van der Waals surface area contributed by atoms with Crippen LogP contribution in [-0.2, 0) is 0 Å². The Morgan fingerprint density at radius 1 is 1.57 bits per heavy atom. The first-order valence-corrected chi connectivity index (χ1v) is 6.05. The minimum Gasteiger partial charge on any atom is -0.258 e. The molecule has 0 aliphatic carbocycles. The number of hydrogen-bond acceptors (Lipinski definition) is 4. The van der Waals surface area contributed by atoms with Crippen molar-refractivity contribution in [1.29, 1.82) is 0 Å². The van der Waals surface area contributed by atoms with E-state index in [9.17, 15) is 10.1 Å². The van der Waals surface area contributed by atoms with Gasteiger partial charge in [0, 0.05) is 21.0 Å². The average molecular weight is 337 g/mol. The number of rotatable bonds is 1. The van der Waals surface area contributed by atoms with E-state index in [-0.39, 0.29) is 10.6 Å². The molecule has 0 radical (unpaired) electrons. The Labute approximate surface area is 103 Å². The van der Waals surface area contributed by atoms with Crippen molar-refractivity contribution in [3.05, 3.63) is 31.2 Å². The van der Waals surface area contributed by atoms with Crippen molar-refractivity contribution >= 4 is 62.3 Å². The molecule has 2 aromatic rings. The molecule has 0 amide bonds. The SMILES string of the molecule is O=[N+]([O-])c1cc2sccc2c(S)c1I. The highest BCUT2D eigenvalue weighted by Crippen LogP contribution is 2.36. The summed E-state index contributed by atoms with van der Waals surface area (Å²) in [6, 6.07) is 3.52. The lowest BCUT2D eigenvalue weighted by Gasteiger charge is -2.00. The normalized spacial score (nSPS) is 10.7. The molecule has 0 spiro atoms. The monoisotopic (exact) mass is 337 g/mol. The van der Waals surface area contributed by atoms with Crippen LogP contribution in [0.2, 0.25) is 0 Å². The van der Waals surface area contributed by atoms with Gasteiger partial charge in [-0.15, -0.1) is 24.0 Å². The van der Waals surface area contributed by atoms with Gasteiger partial charge in [0.2, 0.25) is 0 Å². The van der Waals surface area contributed by atoms with Gasteiger partial charge in [-0.2, -0.15) is 0 Å². The van der Waals surface area contributed by atoms with Crippen molar-refractivity contribution < 1.29 is 4.92 Å². The van der Waals surface area contributed by atoms with Gasteiger partial charge in [-0.05, 0) is 34.0 Å². The fraction of sp³-hybridized carbons (Fsp3) is 0. The number of benzene rings is 1. The predicted octanol–water partition coefficient (Wildman–Crippen LogP) is 3.70. The zero-order valence-electron chi connectivity index (χ0n) is 6.73. The summed E-state index contributed by atoms with van der Waals surface area (Å²) in [6.07, 6.45) is 0. The first-order valence-electron chi connectivity index (χ1n) is 3.64. The summed E-state index contributed by atoms with van der Waals surface area (Å²) >= 11 is 7.73. The van der Waals surface area contributed by atoms with Crippen LogP contribution in [0.15, 0.2) is 22.4 Å². The number of fused-ring (bicyclic) bond motifs is 1. The Bertz CT molecular complexity index is 523. The van der Waals surface area contributed by atoms with E-state index in [0.29, 0.717) is 8.47 Å². The third kappa shape index (κ3) is 1.51. The van der Waals surface area contributed by atoms with Gasteiger partial charge >= 0.3 is 0 Å². The van der Waals surface area contributed by atoms with Gasteiger partial charge in [0.05, 0.1) is 4.92 Å². The van der Waals surface area contributed by atoms with E-state index < -0.39 is 0 Å². The largest absolute Gasteiger partial charge is 0.285 e. The van der Waals surface area contributed by atoms with Crippen molar-refractivity contribution in [2.24, 2.45) is 0 Å². The van der Waals surface area contributed by atoms with E-state index in [4.69, 9.17) is 0 Å². The van der Waals surface area contributed by atoms with Gasteiger partial charge in [0.15, 0.2) is 0 Å². The first-order chi connectivity index (χ1) is 6.61. The standard InChI is InChI=1S/C8H4INO2S2/c9-7-5(10(11)12)3-6-4(8(7)13)1-2-14-6/h1-3,13H. The van der Waals surface area contributed by atoms with E-state index in [1.165, 1.54) is 11.3 Å². The molecule has 0 aliphatic heterocycles. The molecule has 72 valence electrons. The Kier molecular flexibility index (Phi) is 2.67. The molecule has 6 heteroatoms. The third-order valence-corrected chi connectivity index (χ3v) is 4.69. The third-order valence-electron chi connectivity index (χ3n) is 1.85. The zero-order valence-corrected chi connectivity index (χ0v) is 10.6. The lowest BCUT2D eigenvalue weighted by Crippen LogP contribution is -1.92. The molecular formula is C8H4INO2S2. The molecule has 0 N–H and O–H groups in total. The summed E-state index contributed by atoms with van der Waals surface area (Å²) in [5, 5.41) is 13.6. The number of thiophene rings is 1. The van der Waals surface area contributed by atoms with Crippen LogP contribution in [0.5, 0.6) is 0 Å². The lowest BCUT2D eigenvalue weighted by atomic mass is 10.2. The minimum atomic E-state index is -0.374. The second-order valence-electron chi connectivity index (χ2n) is 2.65. The van der Waals surface area contributed by atoms with E-state index in [1.54, 1.807) is 6.07 Å². The molecule has 2 rings (SSSR count). The predicted molar refractivity (Wildman–Crippen MR) is 68.4 cm³/mol. The van der Waals surface area contributed by atoms with Crippen LogP contribution in [0.4, 0.5) is 5.69 Å². The molecule has 0 fully saturated rings. The van der Waals surface area contributed by atoms with Crippen molar-refractivity contribution in [3.63, 3.8) is 0 Å². The summed E-state index contributed by atoms with van der Waals surface area (Å²) in [5.74, 6) is 0. The average Bonchev–Trinajstić information content (AvgIpc) is 2.58. The van der Waals surface area contributed by atoms with Crippen LogP contribution in [0.1, 0.15) is 0 Å². The van der Waals surface area contributed by atoms with Crippen molar-refractivity contribution in [1.82, 2.24) is 0 Å². The quantitative estimate of drug-likeness (QED) is 0.373. The molecule has 0 bridgehead atoms. The van der Waals surface area contributed by atoms with Gasteiger partial charge in [0.1, 0.15) is 3.57 Å². The molecule has 1 heterocycles. The van der Waals surface area contributed by atoms with Crippen LogP contribution in [0.3, 0.4) is 0 Å². The number of hydrogen-bond donors (Lipinski definition) is 1. The first kappa shape index (κ1) is 10.2. The molecule has 0 saturated heterocycles. The van der Waals surface area contributed by atoms with Gasteiger partial charge < -0.3 is 0 Å². The summed E-state index contributed by atoms with van der Waals surface area (Å²) in [5.41, 5.74) is 0.130. The van der Waals surface area contributed by atoms with Crippen LogP contribution < -0.4 is 0 Å². The fourth-order valence-corrected chi connectivity index (χ4v) is 3.04. The van der Waals surface area contributed by atoms with Crippen molar-refractivity contribution in [3.8, 4) is 0 Å². The van der Waals surface area contributed by atoms with Crippen LogP contribution in [-0.4, -0.2) is 4.92 Å². The van der Waals surface area contributed by atoms with Gasteiger partial charge in [-0.25, -0.2) is 0 Å². The highest BCUT2D eigenvalue weighted by molar-refractivity contribution is 14.1. The molecule has 14 heavy (non-hydrogen) atoms. The Morgan fingerprint density at radius 2 is 2.29 bits per heavy atom. The van der Waals surface area contributed by atoms with E-state index in [1.807, 2.05) is 34.0 Å². The number of halogens is 1. The number of nitro benzene ring substituents is 1. The van der Waals surface area contributed by atoms with E-state index in [0.717, 1.165) is 10.1 Å². The molecular weight excluding hydrogens is 333 g/mol. The Hall–Kier alpha value is -0.340. The van der Waals surface area contributed by atoms with Gasteiger partial charge in [0.25, 0.3) is 5.69 Å². The summed E-state index contributed by atoms with van der Waals surface area (Å²) in [4.78, 5) is 11.0. The Balaban J connectivity index is 2.87. The smallest absolute Gasteiger partial charge is 0.258 e. The number of nitro groups is 1. The fourth-order valence-electron chi connectivity index (χ4n) is 1.19. The second kappa shape index (κ2) is 3.67. The van der Waals surface area contributed by atoms with Crippen LogP contribution in [0.25, 0.3) is 10.1 Å². The molecule has 0 aliphatic rings. The van der Waals surface area contributed by atoms with Crippen LogP contribution >= 0.6 is 46.6 Å². The molecule has 0 atom stereocenters. The molecule has 0 unspecified atom stereocenters. The molecule has 0 saturated carbocycles. The maximum atomic E-state index is 10.7. The second-order valence-corrected chi connectivity index (χ2v) is 5.12. The molecule has 1 aromatic heterocycles. The topological polar surface area (TPSA) is 43.1 Å². The summed E-state index contributed by atoms with van der Waals surface area (Å²) < 4.78 is 1.50. The highest BCUT2D eigenvalue weighted by Gasteiger charge is 2.17. The maximum Gasteiger partial charge on any atom is 0.285 e. The van der Waals surface area contributed by atoms with Crippen LogP contribution in [0, 0.1) is 13.7 Å². The summed E-state index contributed by atoms with van der Waals surface area (Å²) in [7, 11) is 0.